The van der Waals surface area contributed by atoms with Crippen molar-refractivity contribution in [2.75, 3.05) is 13.1 Å². The van der Waals surface area contributed by atoms with Crippen molar-refractivity contribution in [2.45, 2.75) is 11.8 Å². The minimum atomic E-state index is -4.61. The second kappa shape index (κ2) is 7.32. The average molecular weight is 378 g/mol. The van der Waals surface area contributed by atoms with E-state index < -0.39 is 30.1 Å². The molecule has 130 valence electrons. The molecule has 2 aromatic rings. The zero-order valence-corrected chi connectivity index (χ0v) is 13.7. The van der Waals surface area contributed by atoms with Crippen LogP contribution >= 0.6 is 22.7 Å². The number of nitrogens with one attached hydrogen (secondary N) is 2. The largest absolute Gasteiger partial charge is 0.405 e. The Bertz CT molecular complexity index is 650. The lowest BCUT2D eigenvalue weighted by molar-refractivity contribution is -0.146. The van der Waals surface area contributed by atoms with Gasteiger partial charge in [-0.2, -0.15) is 24.5 Å². The summed E-state index contributed by atoms with van der Waals surface area (Å²) in [4.78, 5) is 23.6. The van der Waals surface area contributed by atoms with Crippen LogP contribution in [0.25, 0.3) is 0 Å². The van der Waals surface area contributed by atoms with Gasteiger partial charge >= 0.3 is 18.0 Å². The molecular weight excluding hydrogens is 365 g/mol. The first-order valence-electron chi connectivity index (χ1n) is 6.64. The van der Waals surface area contributed by atoms with E-state index in [1.807, 2.05) is 0 Å². The average Bonchev–Trinajstić information content (AvgIpc) is 3.22. The van der Waals surface area contributed by atoms with Crippen molar-refractivity contribution in [2.24, 2.45) is 0 Å². The molecule has 0 radical (unpaired) electrons. The number of alkyl halides is 3. The lowest BCUT2D eigenvalue weighted by Gasteiger charge is -2.26. The zero-order chi connectivity index (χ0) is 17.8. The summed E-state index contributed by atoms with van der Waals surface area (Å²) < 4.78 is 36.1. The molecule has 0 aliphatic heterocycles. The van der Waals surface area contributed by atoms with Gasteiger partial charge in [0.1, 0.15) is 12.1 Å². The Kier molecular flexibility index (Phi) is 5.62. The van der Waals surface area contributed by atoms with E-state index in [0.29, 0.717) is 10.4 Å². The minimum absolute atomic E-state index is 0.345. The fourth-order valence-corrected chi connectivity index (χ4v) is 3.46. The number of carbonyl (C=O) groups excluding carboxylic acids is 2. The molecule has 2 amide bonds. The predicted octanol–water partition coefficient (Wildman–Crippen LogP) is 1.84. The summed E-state index contributed by atoms with van der Waals surface area (Å²) >= 11 is 2.60. The summed E-state index contributed by atoms with van der Waals surface area (Å²) in [5, 5.41) is 19.7. The van der Waals surface area contributed by atoms with Gasteiger partial charge in [-0.3, -0.25) is 9.59 Å². The second-order valence-corrected chi connectivity index (χ2v) is 6.56. The molecule has 2 heterocycles. The number of aliphatic hydroxyl groups is 1. The number of hydrogen-bond acceptors (Lipinski definition) is 5. The molecule has 0 fully saturated rings. The van der Waals surface area contributed by atoms with Gasteiger partial charge in [0.05, 0.1) is 6.54 Å². The maximum absolute atomic E-state index is 12.0. The highest BCUT2D eigenvalue weighted by Gasteiger charge is 2.35. The second-order valence-electron chi connectivity index (χ2n) is 4.83. The van der Waals surface area contributed by atoms with E-state index in [4.69, 9.17) is 0 Å². The number of hydrogen-bond donors (Lipinski definition) is 3. The number of thiophene rings is 2. The van der Waals surface area contributed by atoms with Crippen LogP contribution in [0.5, 0.6) is 0 Å². The first-order chi connectivity index (χ1) is 11.2. The molecule has 1 atom stereocenters. The van der Waals surface area contributed by atoms with Crippen molar-refractivity contribution >= 4 is 34.5 Å². The van der Waals surface area contributed by atoms with Crippen LogP contribution < -0.4 is 10.6 Å². The molecule has 2 rings (SSSR count). The topological polar surface area (TPSA) is 78.4 Å². The Labute approximate surface area is 143 Å². The van der Waals surface area contributed by atoms with E-state index in [1.54, 1.807) is 34.3 Å². The third kappa shape index (κ3) is 4.56. The van der Waals surface area contributed by atoms with Gasteiger partial charge in [-0.15, -0.1) is 11.3 Å². The molecule has 0 saturated carbocycles. The van der Waals surface area contributed by atoms with Crippen LogP contribution in [0.4, 0.5) is 13.2 Å². The molecule has 0 aromatic carbocycles. The lowest BCUT2D eigenvalue weighted by atomic mass is 9.94. The summed E-state index contributed by atoms with van der Waals surface area (Å²) in [5.74, 6) is -2.66. The van der Waals surface area contributed by atoms with Gasteiger partial charge in [-0.25, -0.2) is 0 Å². The van der Waals surface area contributed by atoms with Gasteiger partial charge < -0.3 is 15.7 Å². The van der Waals surface area contributed by atoms with Crippen LogP contribution in [-0.2, 0) is 15.2 Å². The highest BCUT2D eigenvalue weighted by molar-refractivity contribution is 7.10. The Morgan fingerprint density at radius 3 is 2.25 bits per heavy atom. The molecule has 5 nitrogen and oxygen atoms in total. The number of halogens is 3. The van der Waals surface area contributed by atoms with Gasteiger partial charge in [0.25, 0.3) is 0 Å². The molecule has 0 saturated heterocycles. The van der Waals surface area contributed by atoms with Crippen molar-refractivity contribution in [1.29, 1.82) is 0 Å². The van der Waals surface area contributed by atoms with Crippen LogP contribution in [-0.4, -0.2) is 36.2 Å². The predicted molar refractivity (Wildman–Crippen MR) is 83.7 cm³/mol. The van der Waals surface area contributed by atoms with Crippen molar-refractivity contribution in [3.63, 3.8) is 0 Å². The third-order valence-electron chi connectivity index (χ3n) is 3.09. The van der Waals surface area contributed by atoms with Crippen molar-refractivity contribution in [3.8, 4) is 0 Å². The first-order valence-corrected chi connectivity index (χ1v) is 8.46. The fraction of sp³-hybridized carbons (Fsp3) is 0.286. The summed E-state index contributed by atoms with van der Waals surface area (Å²) in [6, 6.07) is 5.05. The third-order valence-corrected chi connectivity index (χ3v) is 4.79. The smallest absolute Gasteiger partial charge is 0.378 e. The number of amides is 2. The van der Waals surface area contributed by atoms with Crippen LogP contribution in [0.15, 0.2) is 34.3 Å². The van der Waals surface area contributed by atoms with Crippen LogP contribution in [0.3, 0.4) is 0 Å². The van der Waals surface area contributed by atoms with E-state index in [9.17, 15) is 27.9 Å². The Morgan fingerprint density at radius 2 is 1.75 bits per heavy atom. The summed E-state index contributed by atoms with van der Waals surface area (Å²) in [6.45, 7) is -1.94. The Balaban J connectivity index is 2.04. The lowest BCUT2D eigenvalue weighted by Crippen LogP contribution is -2.48. The molecule has 1 unspecified atom stereocenters. The van der Waals surface area contributed by atoms with E-state index in [2.05, 4.69) is 5.32 Å². The minimum Gasteiger partial charge on any atom is -0.378 e. The molecule has 0 bridgehead atoms. The van der Waals surface area contributed by atoms with Crippen LogP contribution in [0, 0.1) is 0 Å². The highest BCUT2D eigenvalue weighted by Crippen LogP contribution is 2.33. The maximum atomic E-state index is 12.0. The Morgan fingerprint density at radius 1 is 1.08 bits per heavy atom. The van der Waals surface area contributed by atoms with Crippen LogP contribution in [0.2, 0.25) is 0 Å². The molecule has 2 aromatic heterocycles. The zero-order valence-electron chi connectivity index (χ0n) is 12.1. The molecule has 0 aliphatic carbocycles. The van der Waals surface area contributed by atoms with Crippen molar-refractivity contribution < 1.29 is 27.9 Å². The monoisotopic (exact) mass is 378 g/mol. The van der Waals surface area contributed by atoms with Gasteiger partial charge in [0.2, 0.25) is 0 Å². The number of rotatable bonds is 5. The summed E-state index contributed by atoms with van der Waals surface area (Å²) in [6.07, 6.45) is -4.61. The van der Waals surface area contributed by atoms with E-state index in [-0.39, 0.29) is 6.54 Å². The fourth-order valence-electron chi connectivity index (χ4n) is 1.89. The molecule has 0 aliphatic rings. The van der Waals surface area contributed by atoms with Crippen molar-refractivity contribution in [3.05, 3.63) is 44.8 Å². The van der Waals surface area contributed by atoms with E-state index in [1.165, 1.54) is 28.0 Å². The molecule has 10 heteroatoms. The highest BCUT2D eigenvalue weighted by atomic mass is 32.1. The number of carbonyl (C=O) groups is 2. The standard InChI is InChI=1S/C14H13F3N2O3S2/c15-14(16,17)8-19-12(21)11(20)18-7-13(22,9-3-5-23-6-9)10-2-1-4-24-10/h1-6,22H,7-8H2,(H,18,20)(H,19,21). The molecule has 0 spiro atoms. The van der Waals surface area contributed by atoms with Gasteiger partial charge in [-0.1, -0.05) is 6.07 Å². The van der Waals surface area contributed by atoms with E-state index in [0.717, 1.165) is 0 Å². The van der Waals surface area contributed by atoms with Gasteiger partial charge in [0, 0.05) is 10.4 Å². The summed E-state index contributed by atoms with van der Waals surface area (Å²) in [7, 11) is 0. The molecule has 24 heavy (non-hydrogen) atoms. The summed E-state index contributed by atoms with van der Waals surface area (Å²) in [5.41, 5.74) is -1.04. The van der Waals surface area contributed by atoms with Crippen LogP contribution in [0.1, 0.15) is 10.4 Å². The SMILES string of the molecule is O=C(NCC(F)(F)F)C(=O)NCC(O)(c1ccsc1)c1cccs1. The molecule has 3 N–H and O–H groups in total. The normalized spacial score (nSPS) is 14.0. The Hall–Kier alpha value is -1.91. The maximum Gasteiger partial charge on any atom is 0.405 e. The van der Waals surface area contributed by atoms with Crippen molar-refractivity contribution in [1.82, 2.24) is 10.6 Å². The van der Waals surface area contributed by atoms with Gasteiger partial charge in [0.15, 0.2) is 0 Å². The van der Waals surface area contributed by atoms with Gasteiger partial charge in [-0.05, 0) is 28.3 Å². The quantitative estimate of drug-likeness (QED) is 0.695. The molecular formula is C14H13F3N2O3S2. The van der Waals surface area contributed by atoms with E-state index >= 15 is 0 Å². The first kappa shape index (κ1) is 18.4.